The lowest BCUT2D eigenvalue weighted by molar-refractivity contribution is 0.0291. The van der Waals surface area contributed by atoms with E-state index in [-0.39, 0.29) is 12.1 Å². The number of hydrogen-bond donors (Lipinski definition) is 2. The van der Waals surface area contributed by atoms with Gasteiger partial charge in [-0.1, -0.05) is 25.3 Å². The molecule has 0 aliphatic heterocycles. The third-order valence-electron chi connectivity index (χ3n) is 3.86. The Labute approximate surface area is 124 Å². The molecule has 1 unspecified atom stereocenters. The van der Waals surface area contributed by atoms with E-state index >= 15 is 0 Å². The number of benzene rings is 1. The highest BCUT2D eigenvalue weighted by Crippen LogP contribution is 2.21. The molecule has 1 aliphatic carbocycles. The smallest absolute Gasteiger partial charge is 0.131 e. The van der Waals surface area contributed by atoms with E-state index in [0.29, 0.717) is 19.3 Å². The average molecular weight is 299 g/mol. The number of aliphatic hydroxyl groups is 1. The van der Waals surface area contributed by atoms with E-state index in [9.17, 15) is 13.9 Å². The molecular formula is C16H23F2NO2. The molecule has 1 fully saturated rings. The van der Waals surface area contributed by atoms with Gasteiger partial charge in [-0.3, -0.25) is 0 Å². The topological polar surface area (TPSA) is 41.5 Å². The van der Waals surface area contributed by atoms with Gasteiger partial charge < -0.3 is 15.2 Å². The molecule has 0 aromatic heterocycles. The standard InChI is InChI=1S/C16H23F2NO2/c17-13-7-4-8-14(18)16(13)15(20)11-19-9-10-21-12-5-2-1-3-6-12/h4,7-8,12,15,19-20H,1-3,5-6,9-11H2. The van der Waals surface area contributed by atoms with Crippen molar-refractivity contribution in [3.63, 3.8) is 0 Å². The van der Waals surface area contributed by atoms with E-state index in [1.807, 2.05) is 0 Å². The van der Waals surface area contributed by atoms with Crippen LogP contribution in [0, 0.1) is 11.6 Å². The van der Waals surface area contributed by atoms with Gasteiger partial charge in [0.15, 0.2) is 0 Å². The summed E-state index contributed by atoms with van der Waals surface area (Å²) >= 11 is 0. The Morgan fingerprint density at radius 1 is 1.19 bits per heavy atom. The van der Waals surface area contributed by atoms with E-state index in [1.165, 1.54) is 25.3 Å². The van der Waals surface area contributed by atoms with Gasteiger partial charge in [-0.25, -0.2) is 8.78 Å². The molecule has 1 aromatic carbocycles. The van der Waals surface area contributed by atoms with Gasteiger partial charge in [0, 0.05) is 13.1 Å². The van der Waals surface area contributed by atoms with Crippen LogP contribution in [-0.2, 0) is 4.74 Å². The summed E-state index contributed by atoms with van der Waals surface area (Å²) in [5, 5.41) is 12.8. The van der Waals surface area contributed by atoms with E-state index in [2.05, 4.69) is 5.32 Å². The number of ether oxygens (including phenoxy) is 1. The molecular weight excluding hydrogens is 276 g/mol. The number of halogens is 2. The van der Waals surface area contributed by atoms with Crippen molar-refractivity contribution in [3.05, 3.63) is 35.4 Å². The Balaban J connectivity index is 1.66. The summed E-state index contributed by atoms with van der Waals surface area (Å²) in [5.41, 5.74) is -0.279. The van der Waals surface area contributed by atoms with Crippen molar-refractivity contribution in [2.75, 3.05) is 19.7 Å². The van der Waals surface area contributed by atoms with Crippen LogP contribution in [0.2, 0.25) is 0 Å². The second-order valence-corrected chi connectivity index (χ2v) is 5.49. The van der Waals surface area contributed by atoms with E-state index < -0.39 is 17.7 Å². The van der Waals surface area contributed by atoms with Crippen LogP contribution in [0.4, 0.5) is 8.78 Å². The minimum atomic E-state index is -1.19. The zero-order chi connectivity index (χ0) is 15.1. The molecule has 0 heterocycles. The van der Waals surface area contributed by atoms with E-state index in [1.54, 1.807) is 0 Å². The van der Waals surface area contributed by atoms with Crippen molar-refractivity contribution in [2.24, 2.45) is 0 Å². The monoisotopic (exact) mass is 299 g/mol. The molecule has 1 saturated carbocycles. The first-order chi connectivity index (χ1) is 10.2. The highest BCUT2D eigenvalue weighted by atomic mass is 19.1. The fraction of sp³-hybridized carbons (Fsp3) is 0.625. The SMILES string of the molecule is OC(CNCCOC1CCCCC1)c1c(F)cccc1F. The molecule has 118 valence electrons. The quantitative estimate of drug-likeness (QED) is 0.761. The summed E-state index contributed by atoms with van der Waals surface area (Å²) in [4.78, 5) is 0. The number of rotatable bonds is 7. The maximum Gasteiger partial charge on any atom is 0.131 e. The molecule has 0 spiro atoms. The van der Waals surface area contributed by atoms with Crippen molar-refractivity contribution in [1.29, 1.82) is 0 Å². The van der Waals surface area contributed by atoms with Gasteiger partial charge in [-0.2, -0.15) is 0 Å². The summed E-state index contributed by atoms with van der Waals surface area (Å²) in [6, 6.07) is 3.58. The molecule has 21 heavy (non-hydrogen) atoms. The molecule has 0 bridgehead atoms. The zero-order valence-electron chi connectivity index (χ0n) is 12.2. The first kappa shape index (κ1) is 16.3. The predicted octanol–water partition coefficient (Wildman–Crippen LogP) is 2.94. The Kier molecular flexibility index (Phi) is 6.54. The number of aliphatic hydroxyl groups excluding tert-OH is 1. The fourth-order valence-electron chi connectivity index (χ4n) is 2.70. The highest BCUT2D eigenvalue weighted by molar-refractivity contribution is 5.22. The van der Waals surface area contributed by atoms with Gasteiger partial charge >= 0.3 is 0 Å². The van der Waals surface area contributed by atoms with E-state index in [0.717, 1.165) is 25.0 Å². The molecule has 1 aromatic rings. The van der Waals surface area contributed by atoms with Crippen LogP contribution >= 0.6 is 0 Å². The van der Waals surface area contributed by atoms with E-state index in [4.69, 9.17) is 4.74 Å². The van der Waals surface area contributed by atoms with Crippen LogP contribution in [0.1, 0.15) is 43.8 Å². The second kappa shape index (κ2) is 8.41. The van der Waals surface area contributed by atoms with Crippen molar-refractivity contribution >= 4 is 0 Å². The highest BCUT2D eigenvalue weighted by Gasteiger charge is 2.17. The molecule has 3 nitrogen and oxygen atoms in total. The maximum atomic E-state index is 13.5. The van der Waals surface area contributed by atoms with Gasteiger partial charge in [0.25, 0.3) is 0 Å². The summed E-state index contributed by atoms with van der Waals surface area (Å²) in [6.45, 7) is 1.21. The van der Waals surface area contributed by atoms with Crippen LogP contribution in [0.15, 0.2) is 18.2 Å². The summed E-state index contributed by atoms with van der Waals surface area (Å²) in [6.07, 6.45) is 5.12. The van der Waals surface area contributed by atoms with Crippen LogP contribution in [0.5, 0.6) is 0 Å². The Morgan fingerprint density at radius 3 is 2.52 bits per heavy atom. The fourth-order valence-corrected chi connectivity index (χ4v) is 2.70. The Hall–Kier alpha value is -1.04. The van der Waals surface area contributed by atoms with Crippen LogP contribution in [0.25, 0.3) is 0 Å². The van der Waals surface area contributed by atoms with Gasteiger partial charge in [0.1, 0.15) is 11.6 Å². The average Bonchev–Trinajstić information content (AvgIpc) is 2.48. The van der Waals surface area contributed by atoms with Crippen molar-refractivity contribution in [3.8, 4) is 0 Å². The van der Waals surface area contributed by atoms with Gasteiger partial charge in [0.2, 0.25) is 0 Å². The molecule has 0 saturated heterocycles. The summed E-state index contributed by atoms with van der Waals surface area (Å²) in [5.74, 6) is -1.44. The molecule has 0 radical (unpaired) electrons. The summed E-state index contributed by atoms with van der Waals surface area (Å²) in [7, 11) is 0. The lowest BCUT2D eigenvalue weighted by Crippen LogP contribution is -2.28. The van der Waals surface area contributed by atoms with Crippen LogP contribution in [0.3, 0.4) is 0 Å². The van der Waals surface area contributed by atoms with Crippen molar-refractivity contribution < 1.29 is 18.6 Å². The molecule has 5 heteroatoms. The molecule has 1 aliphatic rings. The minimum Gasteiger partial charge on any atom is -0.387 e. The lowest BCUT2D eigenvalue weighted by Gasteiger charge is -2.22. The largest absolute Gasteiger partial charge is 0.387 e. The Bertz CT molecular complexity index is 416. The predicted molar refractivity (Wildman–Crippen MR) is 77.0 cm³/mol. The van der Waals surface area contributed by atoms with Gasteiger partial charge in [-0.15, -0.1) is 0 Å². The normalized spacial score (nSPS) is 17.9. The van der Waals surface area contributed by atoms with Gasteiger partial charge in [-0.05, 0) is 25.0 Å². The summed E-state index contributed by atoms with van der Waals surface area (Å²) < 4.78 is 32.7. The minimum absolute atomic E-state index is 0.103. The van der Waals surface area contributed by atoms with Crippen LogP contribution in [-0.4, -0.2) is 30.9 Å². The van der Waals surface area contributed by atoms with Crippen molar-refractivity contribution in [2.45, 2.75) is 44.3 Å². The molecule has 0 amide bonds. The number of nitrogens with one attached hydrogen (secondary N) is 1. The molecule has 1 atom stereocenters. The number of hydrogen-bond acceptors (Lipinski definition) is 3. The Morgan fingerprint density at radius 2 is 1.86 bits per heavy atom. The first-order valence-electron chi connectivity index (χ1n) is 7.63. The maximum absolute atomic E-state index is 13.5. The lowest BCUT2D eigenvalue weighted by atomic mass is 9.98. The first-order valence-corrected chi connectivity index (χ1v) is 7.63. The third kappa shape index (κ3) is 5.02. The third-order valence-corrected chi connectivity index (χ3v) is 3.86. The second-order valence-electron chi connectivity index (χ2n) is 5.49. The van der Waals surface area contributed by atoms with Gasteiger partial charge in [0.05, 0.1) is 24.4 Å². The van der Waals surface area contributed by atoms with Crippen LogP contribution < -0.4 is 5.32 Å². The van der Waals surface area contributed by atoms with Crippen molar-refractivity contribution in [1.82, 2.24) is 5.32 Å². The molecule has 2 rings (SSSR count). The molecule has 2 N–H and O–H groups in total. The zero-order valence-corrected chi connectivity index (χ0v) is 12.2.